The summed E-state index contributed by atoms with van der Waals surface area (Å²) in [5.41, 5.74) is 0. The summed E-state index contributed by atoms with van der Waals surface area (Å²) in [6.07, 6.45) is 4.15. The molecule has 1 atom stereocenters. The summed E-state index contributed by atoms with van der Waals surface area (Å²) in [6, 6.07) is 4.77. The van der Waals surface area contributed by atoms with Crippen molar-refractivity contribution in [1.29, 1.82) is 0 Å². The summed E-state index contributed by atoms with van der Waals surface area (Å²) in [6.45, 7) is 6.63. The van der Waals surface area contributed by atoms with Crippen LogP contribution in [0.3, 0.4) is 0 Å². The highest BCUT2D eigenvalue weighted by Crippen LogP contribution is 2.27. The number of rotatable bonds is 7. The van der Waals surface area contributed by atoms with E-state index in [1.807, 2.05) is 18.4 Å². The van der Waals surface area contributed by atoms with E-state index in [9.17, 15) is 0 Å². The van der Waals surface area contributed by atoms with Crippen molar-refractivity contribution in [3.8, 4) is 0 Å². The summed E-state index contributed by atoms with van der Waals surface area (Å²) in [4.78, 5) is 12.9. The number of likely N-dealkylation sites (tertiary alicyclic amines) is 1. The maximum atomic E-state index is 4.65. The molecule has 1 unspecified atom stereocenters. The van der Waals surface area contributed by atoms with Gasteiger partial charge in [0.15, 0.2) is 5.96 Å². The molecule has 0 amide bonds. The van der Waals surface area contributed by atoms with E-state index in [2.05, 4.69) is 55.0 Å². The third-order valence-corrected chi connectivity index (χ3v) is 5.42. The molecule has 7 nitrogen and oxygen atoms in total. The van der Waals surface area contributed by atoms with Crippen molar-refractivity contribution in [2.24, 2.45) is 12.0 Å². The molecular formula is C17H27N7S. The lowest BCUT2D eigenvalue weighted by molar-refractivity contribution is 0.249. The van der Waals surface area contributed by atoms with Gasteiger partial charge in [0.05, 0.1) is 6.04 Å². The van der Waals surface area contributed by atoms with Gasteiger partial charge < -0.3 is 10.6 Å². The molecule has 1 aliphatic rings. The zero-order valence-electron chi connectivity index (χ0n) is 15.0. The summed E-state index contributed by atoms with van der Waals surface area (Å²) in [7, 11) is 1.89. The maximum absolute atomic E-state index is 4.65. The first-order valence-electron chi connectivity index (χ1n) is 8.90. The third kappa shape index (κ3) is 4.79. The minimum absolute atomic E-state index is 0.404. The van der Waals surface area contributed by atoms with Crippen molar-refractivity contribution in [1.82, 2.24) is 30.3 Å². The molecule has 25 heavy (non-hydrogen) atoms. The number of aromatic nitrogens is 3. The summed E-state index contributed by atoms with van der Waals surface area (Å²) >= 11 is 1.83. The number of aliphatic imine (C=N–C) groups is 1. The molecule has 0 radical (unpaired) electrons. The highest BCUT2D eigenvalue weighted by atomic mass is 32.1. The maximum Gasteiger partial charge on any atom is 0.191 e. The Hall–Kier alpha value is -1.93. The third-order valence-electron chi connectivity index (χ3n) is 4.44. The van der Waals surface area contributed by atoms with E-state index < -0.39 is 0 Å². The largest absolute Gasteiger partial charge is 0.357 e. The van der Waals surface area contributed by atoms with Crippen LogP contribution in [0.4, 0.5) is 0 Å². The first kappa shape index (κ1) is 17.9. The molecule has 2 aromatic rings. The number of thiophene rings is 1. The van der Waals surface area contributed by atoms with Crippen LogP contribution >= 0.6 is 11.3 Å². The molecule has 0 saturated carbocycles. The van der Waals surface area contributed by atoms with E-state index >= 15 is 0 Å². The van der Waals surface area contributed by atoms with Gasteiger partial charge in [0, 0.05) is 25.0 Å². The number of hydrogen-bond donors (Lipinski definition) is 2. The van der Waals surface area contributed by atoms with Crippen molar-refractivity contribution in [3.05, 3.63) is 34.5 Å². The van der Waals surface area contributed by atoms with Crippen LogP contribution in [0.5, 0.6) is 0 Å². The Morgan fingerprint density at radius 3 is 2.84 bits per heavy atom. The quantitative estimate of drug-likeness (QED) is 0.581. The Balaban J connectivity index is 1.64. The van der Waals surface area contributed by atoms with Gasteiger partial charge in [0.2, 0.25) is 0 Å². The van der Waals surface area contributed by atoms with Gasteiger partial charge >= 0.3 is 0 Å². The lowest BCUT2D eigenvalue weighted by Gasteiger charge is -2.27. The lowest BCUT2D eigenvalue weighted by Crippen LogP contribution is -2.42. The molecule has 3 rings (SSSR count). The van der Waals surface area contributed by atoms with Crippen LogP contribution in [0.15, 0.2) is 28.8 Å². The van der Waals surface area contributed by atoms with Crippen LogP contribution in [0.25, 0.3) is 0 Å². The van der Waals surface area contributed by atoms with Crippen molar-refractivity contribution in [2.75, 3.05) is 26.2 Å². The molecule has 8 heteroatoms. The molecule has 1 fully saturated rings. The molecular weight excluding hydrogens is 334 g/mol. The van der Waals surface area contributed by atoms with Crippen LogP contribution < -0.4 is 10.6 Å². The number of hydrogen-bond acceptors (Lipinski definition) is 5. The molecule has 0 bridgehead atoms. The Kier molecular flexibility index (Phi) is 6.41. The molecule has 0 aromatic carbocycles. The second-order valence-electron chi connectivity index (χ2n) is 6.15. The SMILES string of the molecule is CCNC(=NCc1ncnn1C)NCC(c1cccs1)N1CCCC1. The topological polar surface area (TPSA) is 70.4 Å². The summed E-state index contributed by atoms with van der Waals surface area (Å²) < 4.78 is 1.76. The van der Waals surface area contributed by atoms with Crippen LogP contribution in [0.2, 0.25) is 0 Å². The molecule has 1 aliphatic heterocycles. The lowest BCUT2D eigenvalue weighted by atomic mass is 10.2. The zero-order chi connectivity index (χ0) is 17.5. The minimum Gasteiger partial charge on any atom is -0.357 e. The number of nitrogens with one attached hydrogen (secondary N) is 2. The predicted molar refractivity (Wildman–Crippen MR) is 102 cm³/mol. The van der Waals surface area contributed by atoms with Gasteiger partial charge in [-0.25, -0.2) is 9.98 Å². The predicted octanol–water partition coefficient (Wildman–Crippen LogP) is 1.77. The number of aryl methyl sites for hydroxylation is 1. The molecule has 0 spiro atoms. The first-order valence-corrected chi connectivity index (χ1v) is 9.78. The van der Waals surface area contributed by atoms with E-state index in [0.717, 1.165) is 24.9 Å². The summed E-state index contributed by atoms with van der Waals surface area (Å²) in [5, 5.41) is 13.1. The van der Waals surface area contributed by atoms with Gasteiger partial charge in [0.1, 0.15) is 18.7 Å². The smallest absolute Gasteiger partial charge is 0.191 e. The number of nitrogens with zero attached hydrogens (tertiary/aromatic N) is 5. The van der Waals surface area contributed by atoms with Crippen LogP contribution in [-0.2, 0) is 13.6 Å². The van der Waals surface area contributed by atoms with E-state index in [0.29, 0.717) is 12.6 Å². The van der Waals surface area contributed by atoms with Crippen molar-refractivity contribution in [3.63, 3.8) is 0 Å². The molecule has 136 valence electrons. The molecule has 3 heterocycles. The van der Waals surface area contributed by atoms with Gasteiger partial charge in [0.25, 0.3) is 0 Å². The van der Waals surface area contributed by atoms with Gasteiger partial charge in [-0.1, -0.05) is 6.07 Å². The Bertz CT molecular complexity index is 658. The van der Waals surface area contributed by atoms with E-state index in [1.165, 1.54) is 30.8 Å². The highest BCUT2D eigenvalue weighted by molar-refractivity contribution is 7.10. The van der Waals surface area contributed by atoms with Crippen molar-refractivity contribution in [2.45, 2.75) is 32.4 Å². The van der Waals surface area contributed by atoms with Gasteiger partial charge in [-0.2, -0.15) is 5.10 Å². The van der Waals surface area contributed by atoms with Gasteiger partial charge in [-0.3, -0.25) is 9.58 Å². The Morgan fingerprint density at radius 2 is 2.20 bits per heavy atom. The van der Waals surface area contributed by atoms with Crippen LogP contribution in [0.1, 0.15) is 36.5 Å². The second-order valence-corrected chi connectivity index (χ2v) is 7.13. The van der Waals surface area contributed by atoms with E-state index in [4.69, 9.17) is 0 Å². The fourth-order valence-electron chi connectivity index (χ4n) is 3.09. The van der Waals surface area contributed by atoms with Gasteiger partial charge in [-0.15, -0.1) is 11.3 Å². The highest BCUT2D eigenvalue weighted by Gasteiger charge is 2.24. The molecule has 2 aromatic heterocycles. The molecule has 1 saturated heterocycles. The van der Waals surface area contributed by atoms with Crippen LogP contribution in [-0.4, -0.2) is 51.8 Å². The second kappa shape index (κ2) is 8.96. The molecule has 0 aliphatic carbocycles. The van der Waals surface area contributed by atoms with Crippen molar-refractivity contribution >= 4 is 17.3 Å². The van der Waals surface area contributed by atoms with Gasteiger partial charge in [-0.05, 0) is 44.3 Å². The molecule has 2 N–H and O–H groups in total. The monoisotopic (exact) mass is 361 g/mol. The fraction of sp³-hybridized carbons (Fsp3) is 0.588. The Labute approximate surface area is 153 Å². The summed E-state index contributed by atoms with van der Waals surface area (Å²) in [5.74, 6) is 1.68. The zero-order valence-corrected chi connectivity index (χ0v) is 15.8. The first-order chi connectivity index (χ1) is 12.3. The number of guanidine groups is 1. The Morgan fingerprint density at radius 1 is 1.36 bits per heavy atom. The normalized spacial score (nSPS) is 17.0. The van der Waals surface area contributed by atoms with E-state index in [-0.39, 0.29) is 0 Å². The van der Waals surface area contributed by atoms with Crippen LogP contribution in [0, 0.1) is 0 Å². The van der Waals surface area contributed by atoms with E-state index in [1.54, 1.807) is 11.0 Å². The van der Waals surface area contributed by atoms with Crippen molar-refractivity contribution < 1.29 is 0 Å². The average molecular weight is 362 g/mol. The fourth-order valence-corrected chi connectivity index (χ4v) is 3.95. The minimum atomic E-state index is 0.404. The standard InChI is InChI=1S/C17H27N7S/c1-3-18-17(20-12-16-21-13-22-23(16)2)19-11-14(15-7-6-10-25-15)24-8-4-5-9-24/h6-7,10,13-14H,3-5,8-9,11-12H2,1-2H3,(H2,18,19,20). The average Bonchev–Trinajstić information content (AvgIpc) is 3.36.